The number of alkyl halides is 2. The Morgan fingerprint density at radius 1 is 1.21 bits per heavy atom. The predicted molar refractivity (Wildman–Crippen MR) is 86.9 cm³/mol. The van der Waals surface area contributed by atoms with E-state index in [0.29, 0.717) is 13.2 Å². The van der Waals surface area contributed by atoms with Crippen molar-refractivity contribution in [3.8, 4) is 0 Å². The van der Waals surface area contributed by atoms with Crippen LogP contribution in [0.4, 0.5) is 8.78 Å². The number of likely N-dealkylation sites (tertiary alicyclic amines) is 1. The van der Waals surface area contributed by atoms with E-state index >= 15 is 0 Å². The molecule has 0 radical (unpaired) electrons. The quantitative estimate of drug-likeness (QED) is 0.850. The molecule has 2 unspecified atom stereocenters. The van der Waals surface area contributed by atoms with Crippen molar-refractivity contribution in [1.29, 1.82) is 0 Å². The molecule has 1 amide bonds. The second-order valence-corrected chi connectivity index (χ2v) is 6.62. The van der Waals surface area contributed by atoms with Gasteiger partial charge < -0.3 is 9.64 Å². The highest BCUT2D eigenvalue weighted by Crippen LogP contribution is 2.29. The lowest BCUT2D eigenvalue weighted by Crippen LogP contribution is -2.53. The van der Waals surface area contributed by atoms with Gasteiger partial charge in [0.15, 0.2) is 0 Å². The number of benzene rings is 1. The fraction of sp³-hybridized carbons (Fsp3) is 0.611. The van der Waals surface area contributed by atoms with Crippen LogP contribution in [0, 0.1) is 0 Å². The van der Waals surface area contributed by atoms with Crippen LogP contribution in [-0.2, 0) is 9.53 Å². The van der Waals surface area contributed by atoms with E-state index in [4.69, 9.17) is 4.74 Å². The van der Waals surface area contributed by atoms with Crippen LogP contribution in [0.5, 0.6) is 0 Å². The molecule has 1 aromatic rings. The molecule has 0 aromatic heterocycles. The van der Waals surface area contributed by atoms with E-state index in [-0.39, 0.29) is 37.9 Å². The highest BCUT2D eigenvalue weighted by Gasteiger charge is 2.39. The molecule has 24 heavy (non-hydrogen) atoms. The zero-order valence-electron chi connectivity index (χ0n) is 14.0. The number of morpholine rings is 1. The summed E-state index contributed by atoms with van der Waals surface area (Å²) in [7, 11) is 0. The van der Waals surface area contributed by atoms with Crippen molar-refractivity contribution in [3.63, 3.8) is 0 Å². The number of piperidine rings is 1. The van der Waals surface area contributed by atoms with E-state index in [1.54, 1.807) is 0 Å². The third-order valence-electron chi connectivity index (χ3n) is 5.01. The van der Waals surface area contributed by atoms with E-state index in [9.17, 15) is 13.6 Å². The normalized spacial score (nSPS) is 26.1. The first-order valence-electron chi connectivity index (χ1n) is 8.53. The van der Waals surface area contributed by atoms with Crippen molar-refractivity contribution in [2.45, 2.75) is 37.8 Å². The number of halogens is 2. The maximum absolute atomic E-state index is 13.3. The SMILES string of the molecule is CC(c1ccccc1)N1CCOC(C(=O)N2CCC(F)(F)CC2)C1. The maximum atomic E-state index is 13.3. The van der Waals surface area contributed by atoms with Gasteiger partial charge in [-0.15, -0.1) is 0 Å². The highest BCUT2D eigenvalue weighted by molar-refractivity contribution is 5.81. The van der Waals surface area contributed by atoms with Gasteiger partial charge in [0.2, 0.25) is 0 Å². The van der Waals surface area contributed by atoms with E-state index in [0.717, 1.165) is 6.54 Å². The van der Waals surface area contributed by atoms with Crippen LogP contribution in [-0.4, -0.2) is 60.5 Å². The average Bonchev–Trinajstić information content (AvgIpc) is 2.61. The van der Waals surface area contributed by atoms with Gasteiger partial charge in [0, 0.05) is 45.1 Å². The Hall–Kier alpha value is -1.53. The predicted octanol–water partition coefficient (Wildman–Crippen LogP) is 2.71. The van der Waals surface area contributed by atoms with Crippen molar-refractivity contribution in [1.82, 2.24) is 9.80 Å². The van der Waals surface area contributed by atoms with Crippen LogP contribution < -0.4 is 0 Å². The Bertz CT molecular complexity index is 557. The van der Waals surface area contributed by atoms with E-state index in [1.807, 2.05) is 18.2 Å². The number of nitrogens with zero attached hydrogens (tertiary/aromatic N) is 2. The molecule has 0 spiro atoms. The molecule has 3 rings (SSSR count). The summed E-state index contributed by atoms with van der Waals surface area (Å²) in [6.07, 6.45) is -1.07. The van der Waals surface area contributed by atoms with Gasteiger partial charge in [-0.2, -0.15) is 0 Å². The summed E-state index contributed by atoms with van der Waals surface area (Å²) < 4.78 is 32.2. The number of carbonyl (C=O) groups is 1. The first-order chi connectivity index (χ1) is 11.5. The van der Waals surface area contributed by atoms with Gasteiger partial charge in [0.05, 0.1) is 6.61 Å². The van der Waals surface area contributed by atoms with Gasteiger partial charge in [-0.1, -0.05) is 30.3 Å². The number of carbonyl (C=O) groups excluding carboxylic acids is 1. The first-order valence-corrected chi connectivity index (χ1v) is 8.53. The number of hydrogen-bond acceptors (Lipinski definition) is 3. The fourth-order valence-electron chi connectivity index (χ4n) is 3.37. The highest BCUT2D eigenvalue weighted by atomic mass is 19.3. The molecule has 0 N–H and O–H groups in total. The molecule has 0 saturated carbocycles. The van der Waals surface area contributed by atoms with Gasteiger partial charge in [0.25, 0.3) is 11.8 Å². The zero-order valence-corrected chi connectivity index (χ0v) is 14.0. The lowest BCUT2D eigenvalue weighted by atomic mass is 10.0. The number of rotatable bonds is 3. The molecule has 2 saturated heterocycles. The van der Waals surface area contributed by atoms with E-state index in [1.165, 1.54) is 10.5 Å². The Labute approximate surface area is 141 Å². The van der Waals surface area contributed by atoms with Crippen molar-refractivity contribution in [2.24, 2.45) is 0 Å². The Balaban J connectivity index is 1.60. The maximum Gasteiger partial charge on any atom is 0.253 e. The molecule has 2 heterocycles. The lowest BCUT2D eigenvalue weighted by molar-refractivity contribution is -0.155. The van der Waals surface area contributed by atoms with Crippen LogP contribution in [0.3, 0.4) is 0 Å². The van der Waals surface area contributed by atoms with Crippen molar-refractivity contribution in [3.05, 3.63) is 35.9 Å². The largest absolute Gasteiger partial charge is 0.366 e. The van der Waals surface area contributed by atoms with Crippen molar-refractivity contribution in [2.75, 3.05) is 32.8 Å². The minimum Gasteiger partial charge on any atom is -0.366 e. The monoisotopic (exact) mass is 338 g/mol. The summed E-state index contributed by atoms with van der Waals surface area (Å²) in [6, 6.07) is 10.3. The van der Waals surface area contributed by atoms with Crippen LogP contribution >= 0.6 is 0 Å². The molecule has 2 aliphatic heterocycles. The molecule has 0 bridgehead atoms. The van der Waals surface area contributed by atoms with Crippen LogP contribution in [0.2, 0.25) is 0 Å². The summed E-state index contributed by atoms with van der Waals surface area (Å²) in [5, 5.41) is 0. The Kier molecular flexibility index (Phi) is 5.15. The number of ether oxygens (including phenoxy) is 1. The van der Waals surface area contributed by atoms with Gasteiger partial charge in [-0.3, -0.25) is 9.69 Å². The molecule has 1 aromatic carbocycles. The van der Waals surface area contributed by atoms with Gasteiger partial charge in [-0.25, -0.2) is 8.78 Å². The lowest BCUT2D eigenvalue weighted by Gasteiger charge is -2.39. The molecule has 0 aliphatic carbocycles. The Morgan fingerprint density at radius 3 is 2.54 bits per heavy atom. The molecular weight excluding hydrogens is 314 g/mol. The Morgan fingerprint density at radius 2 is 1.88 bits per heavy atom. The van der Waals surface area contributed by atoms with Crippen LogP contribution in [0.15, 0.2) is 30.3 Å². The van der Waals surface area contributed by atoms with E-state index in [2.05, 4.69) is 24.0 Å². The second-order valence-electron chi connectivity index (χ2n) is 6.62. The molecule has 4 nitrogen and oxygen atoms in total. The summed E-state index contributed by atoms with van der Waals surface area (Å²) >= 11 is 0. The summed E-state index contributed by atoms with van der Waals surface area (Å²) in [6.45, 7) is 4.08. The minimum atomic E-state index is -2.64. The average molecular weight is 338 g/mol. The molecule has 2 aliphatic rings. The standard InChI is InChI=1S/C18H24F2N2O2/c1-14(15-5-3-2-4-6-15)22-11-12-24-16(13-22)17(23)21-9-7-18(19,20)8-10-21/h2-6,14,16H,7-13H2,1H3. The molecule has 132 valence electrons. The van der Waals surface area contributed by atoms with Gasteiger partial charge >= 0.3 is 0 Å². The topological polar surface area (TPSA) is 32.8 Å². The summed E-state index contributed by atoms with van der Waals surface area (Å²) in [5.74, 6) is -2.80. The summed E-state index contributed by atoms with van der Waals surface area (Å²) in [5.41, 5.74) is 1.20. The summed E-state index contributed by atoms with van der Waals surface area (Å²) in [4.78, 5) is 16.3. The molecule has 2 atom stereocenters. The number of amides is 1. The van der Waals surface area contributed by atoms with E-state index < -0.39 is 12.0 Å². The molecular formula is C18H24F2N2O2. The smallest absolute Gasteiger partial charge is 0.253 e. The number of hydrogen-bond donors (Lipinski definition) is 0. The molecule has 6 heteroatoms. The van der Waals surface area contributed by atoms with Gasteiger partial charge in [0.1, 0.15) is 6.10 Å². The van der Waals surface area contributed by atoms with Crippen LogP contribution in [0.1, 0.15) is 31.4 Å². The third-order valence-corrected chi connectivity index (χ3v) is 5.01. The fourth-order valence-corrected chi connectivity index (χ4v) is 3.37. The second kappa shape index (κ2) is 7.15. The van der Waals surface area contributed by atoms with Gasteiger partial charge in [-0.05, 0) is 12.5 Å². The minimum absolute atomic E-state index is 0.111. The molecule has 2 fully saturated rings. The third kappa shape index (κ3) is 3.92. The van der Waals surface area contributed by atoms with Crippen LogP contribution in [0.25, 0.3) is 0 Å². The zero-order chi connectivity index (χ0) is 17.2. The first kappa shape index (κ1) is 17.3. The van der Waals surface area contributed by atoms with Crippen molar-refractivity contribution >= 4 is 5.91 Å². The van der Waals surface area contributed by atoms with Crippen molar-refractivity contribution < 1.29 is 18.3 Å².